The highest BCUT2D eigenvalue weighted by molar-refractivity contribution is 7.99. The second kappa shape index (κ2) is 6.28. The Morgan fingerprint density at radius 1 is 1.19 bits per heavy atom. The van der Waals surface area contributed by atoms with E-state index in [0.717, 1.165) is 10.9 Å². The maximum absolute atomic E-state index is 4.27. The van der Waals surface area contributed by atoms with Gasteiger partial charge in [0.05, 0.1) is 0 Å². The van der Waals surface area contributed by atoms with Crippen LogP contribution in [0.15, 0.2) is 53.9 Å². The summed E-state index contributed by atoms with van der Waals surface area (Å²) < 4.78 is 1.81. The van der Waals surface area contributed by atoms with Gasteiger partial charge in [-0.05, 0) is 23.4 Å². The molecule has 108 valence electrons. The van der Waals surface area contributed by atoms with Crippen LogP contribution >= 0.6 is 11.8 Å². The minimum absolute atomic E-state index is 0.276. The number of rotatable bonds is 5. The molecule has 0 spiro atoms. The molecule has 4 nitrogen and oxygen atoms in total. The number of thioether (sulfide) groups is 1. The third-order valence-corrected chi connectivity index (χ3v) is 4.72. The van der Waals surface area contributed by atoms with Crippen LogP contribution in [0.25, 0.3) is 10.8 Å². The van der Waals surface area contributed by atoms with Crippen molar-refractivity contribution in [1.29, 1.82) is 0 Å². The first kappa shape index (κ1) is 14.1. The Kier molecular flexibility index (Phi) is 4.22. The summed E-state index contributed by atoms with van der Waals surface area (Å²) >= 11 is 1.72. The van der Waals surface area contributed by atoms with Gasteiger partial charge in [-0.15, -0.1) is 0 Å². The summed E-state index contributed by atoms with van der Waals surface area (Å²) in [6.45, 7) is 0. The smallest absolute Gasteiger partial charge is 0.185 e. The van der Waals surface area contributed by atoms with Gasteiger partial charge in [0, 0.05) is 18.8 Å². The number of hydrogen-bond acceptors (Lipinski definition) is 4. The van der Waals surface area contributed by atoms with E-state index in [2.05, 4.69) is 57.9 Å². The molecule has 0 aliphatic heterocycles. The van der Waals surface area contributed by atoms with E-state index in [4.69, 9.17) is 0 Å². The van der Waals surface area contributed by atoms with Crippen molar-refractivity contribution in [3.05, 3.63) is 54.4 Å². The Morgan fingerprint density at radius 2 is 2.00 bits per heavy atom. The Labute approximate surface area is 128 Å². The molecule has 1 atom stereocenters. The summed E-state index contributed by atoms with van der Waals surface area (Å²) in [6.07, 6.45) is 1.59. The standard InChI is InChI=1S/C16H18N4S/c1-17-15(10-21-16-18-11-19-20(16)2)14-9-5-7-12-6-3-4-8-13(12)14/h3-9,11,15,17H,10H2,1-2H3. The molecular formula is C16H18N4S. The van der Waals surface area contributed by atoms with Crippen molar-refractivity contribution >= 4 is 22.5 Å². The van der Waals surface area contributed by atoms with Gasteiger partial charge >= 0.3 is 0 Å². The summed E-state index contributed by atoms with van der Waals surface area (Å²) in [7, 11) is 3.92. The summed E-state index contributed by atoms with van der Waals surface area (Å²) in [6, 6.07) is 15.3. The largest absolute Gasteiger partial charge is 0.312 e. The number of fused-ring (bicyclic) bond motifs is 1. The minimum atomic E-state index is 0.276. The quantitative estimate of drug-likeness (QED) is 0.735. The molecule has 21 heavy (non-hydrogen) atoms. The van der Waals surface area contributed by atoms with Gasteiger partial charge in [0.1, 0.15) is 6.33 Å². The fraction of sp³-hybridized carbons (Fsp3) is 0.250. The van der Waals surface area contributed by atoms with E-state index < -0.39 is 0 Å². The molecule has 3 rings (SSSR count). The monoisotopic (exact) mass is 298 g/mol. The molecular weight excluding hydrogens is 280 g/mol. The average Bonchev–Trinajstić information content (AvgIpc) is 2.93. The number of aryl methyl sites for hydroxylation is 1. The van der Waals surface area contributed by atoms with Gasteiger partial charge < -0.3 is 5.32 Å². The second-order valence-electron chi connectivity index (χ2n) is 4.89. The zero-order valence-electron chi connectivity index (χ0n) is 12.2. The first-order valence-corrected chi connectivity index (χ1v) is 7.90. The van der Waals surface area contributed by atoms with E-state index in [9.17, 15) is 0 Å². The lowest BCUT2D eigenvalue weighted by Gasteiger charge is -2.18. The second-order valence-corrected chi connectivity index (χ2v) is 5.87. The molecule has 0 radical (unpaired) electrons. The van der Waals surface area contributed by atoms with Crippen molar-refractivity contribution in [2.45, 2.75) is 11.2 Å². The van der Waals surface area contributed by atoms with Crippen LogP contribution in [0, 0.1) is 0 Å². The molecule has 0 saturated heterocycles. The van der Waals surface area contributed by atoms with Crippen LogP contribution in [-0.4, -0.2) is 27.6 Å². The van der Waals surface area contributed by atoms with Crippen LogP contribution < -0.4 is 5.32 Å². The van der Waals surface area contributed by atoms with Crippen LogP contribution in [0.1, 0.15) is 11.6 Å². The molecule has 0 saturated carbocycles. The normalized spacial score (nSPS) is 12.7. The number of nitrogens with zero attached hydrogens (tertiary/aromatic N) is 3. The van der Waals surface area contributed by atoms with Crippen LogP contribution in [0.4, 0.5) is 0 Å². The lowest BCUT2D eigenvalue weighted by molar-refractivity contribution is 0.657. The Balaban J connectivity index is 1.86. The third-order valence-electron chi connectivity index (χ3n) is 3.60. The van der Waals surface area contributed by atoms with E-state index in [1.807, 2.05) is 14.1 Å². The van der Waals surface area contributed by atoms with Gasteiger partial charge in [-0.1, -0.05) is 54.2 Å². The first-order chi connectivity index (χ1) is 10.3. The van der Waals surface area contributed by atoms with Crippen LogP contribution in [0.5, 0.6) is 0 Å². The van der Waals surface area contributed by atoms with E-state index in [0.29, 0.717) is 0 Å². The Bertz CT molecular complexity index is 732. The Hall–Kier alpha value is -1.85. The molecule has 0 aliphatic rings. The fourth-order valence-electron chi connectivity index (χ4n) is 2.46. The highest BCUT2D eigenvalue weighted by atomic mass is 32.2. The van der Waals surface area contributed by atoms with Crippen molar-refractivity contribution in [3.63, 3.8) is 0 Å². The van der Waals surface area contributed by atoms with Crippen molar-refractivity contribution in [1.82, 2.24) is 20.1 Å². The zero-order chi connectivity index (χ0) is 14.7. The molecule has 0 fully saturated rings. The van der Waals surface area contributed by atoms with Crippen molar-refractivity contribution in [3.8, 4) is 0 Å². The van der Waals surface area contributed by atoms with Crippen molar-refractivity contribution in [2.24, 2.45) is 7.05 Å². The van der Waals surface area contributed by atoms with Gasteiger partial charge in [-0.3, -0.25) is 0 Å². The highest BCUT2D eigenvalue weighted by Gasteiger charge is 2.14. The maximum Gasteiger partial charge on any atom is 0.185 e. The van der Waals surface area contributed by atoms with Crippen molar-refractivity contribution < 1.29 is 0 Å². The van der Waals surface area contributed by atoms with E-state index in [1.165, 1.54) is 16.3 Å². The van der Waals surface area contributed by atoms with E-state index in [1.54, 1.807) is 22.8 Å². The predicted molar refractivity (Wildman–Crippen MR) is 87.5 cm³/mol. The summed E-state index contributed by atoms with van der Waals surface area (Å²) in [4.78, 5) is 4.27. The zero-order valence-corrected chi connectivity index (χ0v) is 13.0. The third kappa shape index (κ3) is 2.94. The first-order valence-electron chi connectivity index (χ1n) is 6.91. The van der Waals surface area contributed by atoms with Crippen LogP contribution in [0.2, 0.25) is 0 Å². The molecule has 5 heteroatoms. The molecule has 0 amide bonds. The van der Waals surface area contributed by atoms with Crippen molar-refractivity contribution in [2.75, 3.05) is 12.8 Å². The highest BCUT2D eigenvalue weighted by Crippen LogP contribution is 2.28. The van der Waals surface area contributed by atoms with Gasteiger partial charge in [-0.25, -0.2) is 9.67 Å². The number of aromatic nitrogens is 3. The molecule has 1 unspecified atom stereocenters. The maximum atomic E-state index is 4.27. The fourth-order valence-corrected chi connectivity index (χ4v) is 3.47. The number of hydrogen-bond donors (Lipinski definition) is 1. The molecule has 2 aromatic carbocycles. The number of nitrogens with one attached hydrogen (secondary N) is 1. The van der Waals surface area contributed by atoms with Gasteiger partial charge in [-0.2, -0.15) is 5.10 Å². The number of benzene rings is 2. The topological polar surface area (TPSA) is 42.7 Å². The van der Waals surface area contributed by atoms with Crippen LogP contribution in [-0.2, 0) is 7.05 Å². The van der Waals surface area contributed by atoms with Gasteiger partial charge in [0.2, 0.25) is 0 Å². The lowest BCUT2D eigenvalue weighted by Crippen LogP contribution is -2.19. The van der Waals surface area contributed by atoms with Gasteiger partial charge in [0.25, 0.3) is 0 Å². The molecule has 1 aromatic heterocycles. The molecule has 1 N–H and O–H groups in total. The SMILES string of the molecule is CNC(CSc1ncnn1C)c1cccc2ccccc12. The van der Waals surface area contributed by atoms with E-state index >= 15 is 0 Å². The molecule has 3 aromatic rings. The lowest BCUT2D eigenvalue weighted by atomic mass is 10.00. The molecule has 0 bridgehead atoms. The predicted octanol–water partition coefficient (Wildman–Crippen LogP) is 3.02. The molecule has 1 heterocycles. The van der Waals surface area contributed by atoms with Gasteiger partial charge in [0.15, 0.2) is 5.16 Å². The molecule has 0 aliphatic carbocycles. The summed E-state index contributed by atoms with van der Waals surface area (Å²) in [5.74, 6) is 0.914. The van der Waals surface area contributed by atoms with Crippen LogP contribution in [0.3, 0.4) is 0 Å². The minimum Gasteiger partial charge on any atom is -0.312 e. The summed E-state index contributed by atoms with van der Waals surface area (Å²) in [5, 5.41) is 11.0. The summed E-state index contributed by atoms with van der Waals surface area (Å²) in [5.41, 5.74) is 1.32. The average molecular weight is 298 g/mol. The Morgan fingerprint density at radius 3 is 2.76 bits per heavy atom. The van der Waals surface area contributed by atoms with E-state index in [-0.39, 0.29) is 6.04 Å².